The monoisotopic (exact) mass is 344 g/mol. The summed E-state index contributed by atoms with van der Waals surface area (Å²) in [5, 5.41) is 7.14. The van der Waals surface area contributed by atoms with E-state index in [2.05, 4.69) is 36.3 Å². The molecule has 0 amide bonds. The Labute approximate surface area is 146 Å². The third-order valence-electron chi connectivity index (χ3n) is 3.88. The summed E-state index contributed by atoms with van der Waals surface area (Å²) >= 11 is 0. The summed E-state index contributed by atoms with van der Waals surface area (Å²) in [5.41, 5.74) is 3.03. The summed E-state index contributed by atoms with van der Waals surface area (Å²) in [6, 6.07) is 9.24. The lowest BCUT2D eigenvalue weighted by Crippen LogP contribution is -2.33. The zero-order chi connectivity index (χ0) is 17.6. The van der Waals surface area contributed by atoms with Crippen molar-refractivity contribution < 1.29 is 9.16 Å². The molecule has 0 saturated heterocycles. The lowest BCUT2D eigenvalue weighted by Gasteiger charge is -2.25. The van der Waals surface area contributed by atoms with E-state index < -0.39 is 8.32 Å². The largest absolute Gasteiger partial charge is 0.542 e. The zero-order valence-corrected chi connectivity index (χ0v) is 16.3. The predicted octanol–water partition coefficient (Wildman–Crippen LogP) is 5.28. The van der Waals surface area contributed by atoms with Crippen LogP contribution in [0.1, 0.15) is 36.7 Å². The topological polar surface area (TPSA) is 47.1 Å². The van der Waals surface area contributed by atoms with Gasteiger partial charge in [-0.05, 0) is 55.9 Å². The highest BCUT2D eigenvalue weighted by atomic mass is 28.4. The van der Waals surface area contributed by atoms with Crippen molar-refractivity contribution in [1.82, 2.24) is 10.2 Å². The van der Waals surface area contributed by atoms with Crippen molar-refractivity contribution in [1.29, 1.82) is 0 Å². The van der Waals surface area contributed by atoms with Crippen LogP contribution in [0.4, 0.5) is 0 Å². The molecule has 24 heavy (non-hydrogen) atoms. The maximum atomic E-state index is 6.32. The molecular formula is C19H28N2O2Si. The van der Waals surface area contributed by atoms with E-state index in [0.29, 0.717) is 0 Å². The summed E-state index contributed by atoms with van der Waals surface area (Å²) in [6.45, 7) is 8.72. The average molecular weight is 345 g/mol. The average Bonchev–Trinajstić information content (AvgIpc) is 2.97. The number of benzene rings is 1. The van der Waals surface area contributed by atoms with E-state index in [-0.39, 0.29) is 0 Å². The number of aromatic amines is 1. The Morgan fingerprint density at radius 2 is 1.96 bits per heavy atom. The molecule has 0 atom stereocenters. The zero-order valence-electron chi connectivity index (χ0n) is 15.3. The van der Waals surface area contributed by atoms with E-state index in [0.717, 1.165) is 34.5 Å². The minimum atomic E-state index is -1.71. The fraction of sp³-hybridized carbons (Fsp3) is 0.421. The highest BCUT2D eigenvalue weighted by molar-refractivity contribution is 6.71. The predicted molar refractivity (Wildman–Crippen MR) is 103 cm³/mol. The van der Waals surface area contributed by atoms with Gasteiger partial charge in [0.05, 0.1) is 12.8 Å². The Balaban J connectivity index is 2.13. The van der Waals surface area contributed by atoms with Gasteiger partial charge >= 0.3 is 0 Å². The van der Waals surface area contributed by atoms with Gasteiger partial charge in [-0.3, -0.25) is 5.10 Å². The lowest BCUT2D eigenvalue weighted by molar-refractivity contribution is 0.391. The van der Waals surface area contributed by atoms with Gasteiger partial charge in [-0.15, -0.1) is 0 Å². The van der Waals surface area contributed by atoms with Crippen LogP contribution in [-0.4, -0.2) is 25.6 Å². The molecule has 0 aliphatic heterocycles. The van der Waals surface area contributed by atoms with E-state index in [1.807, 2.05) is 37.3 Å². The molecule has 2 aromatic rings. The van der Waals surface area contributed by atoms with Gasteiger partial charge in [-0.25, -0.2) is 0 Å². The summed E-state index contributed by atoms with van der Waals surface area (Å²) in [6.07, 6.45) is 6.43. The Morgan fingerprint density at radius 3 is 2.58 bits per heavy atom. The molecule has 0 fully saturated rings. The van der Waals surface area contributed by atoms with Gasteiger partial charge in [0.1, 0.15) is 5.75 Å². The summed E-state index contributed by atoms with van der Waals surface area (Å²) < 4.78 is 11.9. The second kappa shape index (κ2) is 8.19. The van der Waals surface area contributed by atoms with E-state index in [9.17, 15) is 0 Å². The molecule has 4 nitrogen and oxygen atoms in total. The molecule has 1 aromatic heterocycles. The molecule has 130 valence electrons. The SMILES string of the molecule is CCCC[Si](C)(C)Oc1ccc(C=Cc2cc(C)[nH]n2)cc1OC. The number of aromatic nitrogens is 2. The number of rotatable bonds is 8. The van der Waals surface area contributed by atoms with Crippen LogP contribution in [0.5, 0.6) is 11.5 Å². The van der Waals surface area contributed by atoms with E-state index in [1.165, 1.54) is 12.8 Å². The number of hydrogen-bond donors (Lipinski definition) is 1. The van der Waals surface area contributed by atoms with Crippen molar-refractivity contribution >= 4 is 20.5 Å². The quantitative estimate of drug-likeness (QED) is 0.663. The molecule has 1 aromatic carbocycles. The van der Waals surface area contributed by atoms with Crippen molar-refractivity contribution in [3.63, 3.8) is 0 Å². The molecule has 0 unspecified atom stereocenters. The molecule has 1 heterocycles. The fourth-order valence-electron chi connectivity index (χ4n) is 2.53. The first-order chi connectivity index (χ1) is 11.4. The van der Waals surface area contributed by atoms with Gasteiger partial charge in [0, 0.05) is 5.69 Å². The third-order valence-corrected chi connectivity index (χ3v) is 6.21. The molecule has 0 radical (unpaired) electrons. The Bertz CT molecular complexity index is 692. The number of methoxy groups -OCH3 is 1. The smallest absolute Gasteiger partial charge is 0.245 e. The Kier molecular flexibility index (Phi) is 6.26. The molecule has 1 N–H and O–H groups in total. The maximum Gasteiger partial charge on any atom is 0.245 e. The fourth-order valence-corrected chi connectivity index (χ4v) is 4.60. The highest BCUT2D eigenvalue weighted by Gasteiger charge is 2.25. The number of aryl methyl sites for hydroxylation is 1. The van der Waals surface area contributed by atoms with Gasteiger partial charge in [0.25, 0.3) is 0 Å². The standard InChI is InChI=1S/C19H28N2O2Si/c1-6-7-12-24(4,5)23-18-11-9-16(14-19(18)22-3)8-10-17-13-15(2)20-21-17/h8-11,13-14H,6-7,12H2,1-5H3,(H,20,21). The molecular weight excluding hydrogens is 316 g/mol. The first-order valence-electron chi connectivity index (χ1n) is 8.50. The normalized spacial score (nSPS) is 11.9. The second-order valence-electron chi connectivity index (χ2n) is 6.68. The van der Waals surface area contributed by atoms with Crippen molar-refractivity contribution in [2.75, 3.05) is 7.11 Å². The first kappa shape index (κ1) is 18.3. The molecule has 2 rings (SSSR count). The van der Waals surface area contributed by atoms with Crippen molar-refractivity contribution in [2.45, 2.75) is 45.8 Å². The number of hydrogen-bond acceptors (Lipinski definition) is 3. The van der Waals surface area contributed by atoms with Crippen LogP contribution in [0.15, 0.2) is 24.3 Å². The minimum absolute atomic E-state index is 0.785. The van der Waals surface area contributed by atoms with Crippen LogP contribution >= 0.6 is 0 Å². The van der Waals surface area contributed by atoms with Gasteiger partial charge < -0.3 is 9.16 Å². The number of ether oxygens (including phenoxy) is 1. The van der Waals surface area contributed by atoms with Gasteiger partial charge in [0.2, 0.25) is 8.32 Å². The van der Waals surface area contributed by atoms with E-state index >= 15 is 0 Å². The van der Waals surface area contributed by atoms with Gasteiger partial charge in [-0.2, -0.15) is 5.10 Å². The van der Waals surface area contributed by atoms with Crippen LogP contribution in [0.3, 0.4) is 0 Å². The number of unbranched alkanes of at least 4 members (excludes halogenated alkanes) is 1. The van der Waals surface area contributed by atoms with Crippen LogP contribution in [0, 0.1) is 6.92 Å². The number of nitrogens with one attached hydrogen (secondary N) is 1. The third kappa shape index (κ3) is 5.27. The van der Waals surface area contributed by atoms with E-state index in [1.54, 1.807) is 7.11 Å². The summed E-state index contributed by atoms with van der Waals surface area (Å²) in [5.74, 6) is 1.63. The summed E-state index contributed by atoms with van der Waals surface area (Å²) in [4.78, 5) is 0. The van der Waals surface area contributed by atoms with Crippen molar-refractivity contribution in [3.8, 4) is 11.5 Å². The van der Waals surface area contributed by atoms with Crippen molar-refractivity contribution in [2.24, 2.45) is 0 Å². The van der Waals surface area contributed by atoms with Crippen LogP contribution in [0.25, 0.3) is 12.2 Å². The molecule has 0 aliphatic carbocycles. The maximum absolute atomic E-state index is 6.32. The van der Waals surface area contributed by atoms with Crippen LogP contribution < -0.4 is 9.16 Å². The number of nitrogens with zero attached hydrogens (tertiary/aromatic N) is 1. The lowest BCUT2D eigenvalue weighted by atomic mass is 10.2. The van der Waals surface area contributed by atoms with Crippen molar-refractivity contribution in [3.05, 3.63) is 41.2 Å². The molecule has 0 spiro atoms. The van der Waals surface area contributed by atoms with Gasteiger partial charge in [0.15, 0.2) is 5.75 Å². The Morgan fingerprint density at radius 1 is 1.17 bits per heavy atom. The molecule has 0 aliphatic rings. The number of H-pyrrole nitrogens is 1. The minimum Gasteiger partial charge on any atom is -0.542 e. The van der Waals surface area contributed by atoms with Crippen LogP contribution in [0.2, 0.25) is 19.1 Å². The highest BCUT2D eigenvalue weighted by Crippen LogP contribution is 2.32. The first-order valence-corrected chi connectivity index (χ1v) is 11.6. The molecule has 0 bridgehead atoms. The van der Waals surface area contributed by atoms with Crippen LogP contribution in [-0.2, 0) is 0 Å². The molecule has 0 saturated carbocycles. The van der Waals surface area contributed by atoms with Gasteiger partial charge in [-0.1, -0.05) is 31.9 Å². The molecule has 5 heteroatoms. The Hall–Kier alpha value is -2.01. The summed E-state index contributed by atoms with van der Waals surface area (Å²) in [7, 11) is -0.0228. The second-order valence-corrected chi connectivity index (χ2v) is 10.9. The van der Waals surface area contributed by atoms with E-state index in [4.69, 9.17) is 9.16 Å².